The van der Waals surface area contributed by atoms with Crippen molar-refractivity contribution in [3.05, 3.63) is 45.8 Å². The number of amides is 1. The summed E-state index contributed by atoms with van der Waals surface area (Å²) in [5.41, 5.74) is 0.475. The summed E-state index contributed by atoms with van der Waals surface area (Å²) in [4.78, 5) is 26.9. The van der Waals surface area contributed by atoms with Crippen LogP contribution in [0.25, 0.3) is 6.08 Å². The highest BCUT2D eigenvalue weighted by molar-refractivity contribution is 7.11. The predicted molar refractivity (Wildman–Crippen MR) is 73.4 cm³/mol. The van der Waals surface area contributed by atoms with Gasteiger partial charge in [-0.05, 0) is 19.1 Å². The van der Waals surface area contributed by atoms with Gasteiger partial charge in [-0.25, -0.2) is 9.78 Å². The van der Waals surface area contributed by atoms with Crippen LogP contribution in [0, 0.1) is 6.92 Å². The number of aliphatic carboxylic acids is 1. The topological polar surface area (TPSA) is 92.4 Å². The molecule has 0 aromatic carbocycles. The number of carbonyl (C=O) groups excluding carboxylic acids is 1. The smallest absolute Gasteiger partial charge is 0.328 e. The first-order valence-corrected chi connectivity index (χ1v) is 6.61. The fraction of sp³-hybridized carbons (Fsp3) is 0.154. The third-order valence-corrected chi connectivity index (χ3v) is 3.24. The SMILES string of the molecule is Cc1cnc(CNC(=O)c2csc(/C=C/C(=O)O)c2)o1. The van der Waals surface area contributed by atoms with Crippen molar-refractivity contribution in [2.24, 2.45) is 0 Å². The number of nitrogens with one attached hydrogen (secondary N) is 1. The average molecular weight is 292 g/mol. The fourth-order valence-corrected chi connectivity index (χ4v) is 2.23. The van der Waals surface area contributed by atoms with Gasteiger partial charge in [0.25, 0.3) is 5.91 Å². The van der Waals surface area contributed by atoms with Gasteiger partial charge in [0.15, 0.2) is 0 Å². The van der Waals surface area contributed by atoms with Gasteiger partial charge in [0, 0.05) is 16.3 Å². The van der Waals surface area contributed by atoms with Crippen molar-refractivity contribution in [2.75, 3.05) is 0 Å². The van der Waals surface area contributed by atoms with Crippen LogP contribution in [-0.2, 0) is 11.3 Å². The highest BCUT2D eigenvalue weighted by atomic mass is 32.1. The van der Waals surface area contributed by atoms with E-state index >= 15 is 0 Å². The van der Waals surface area contributed by atoms with Crippen LogP contribution in [-0.4, -0.2) is 22.0 Å². The van der Waals surface area contributed by atoms with Crippen molar-refractivity contribution < 1.29 is 19.1 Å². The van der Waals surface area contributed by atoms with Gasteiger partial charge in [0.05, 0.1) is 18.3 Å². The minimum absolute atomic E-state index is 0.211. The molecule has 0 bridgehead atoms. The van der Waals surface area contributed by atoms with Gasteiger partial charge in [0.1, 0.15) is 5.76 Å². The third kappa shape index (κ3) is 3.79. The zero-order valence-electron chi connectivity index (χ0n) is 10.6. The van der Waals surface area contributed by atoms with Crippen LogP contribution in [0.4, 0.5) is 0 Å². The molecule has 7 heteroatoms. The first-order valence-electron chi connectivity index (χ1n) is 5.73. The highest BCUT2D eigenvalue weighted by Gasteiger charge is 2.09. The second-order valence-electron chi connectivity index (χ2n) is 3.96. The summed E-state index contributed by atoms with van der Waals surface area (Å²) in [5.74, 6) is -0.154. The lowest BCUT2D eigenvalue weighted by Gasteiger charge is -1.99. The Morgan fingerprint density at radius 3 is 3.00 bits per heavy atom. The number of aryl methyl sites for hydroxylation is 1. The Hall–Kier alpha value is -2.41. The van der Waals surface area contributed by atoms with E-state index in [1.807, 2.05) is 0 Å². The molecule has 2 N–H and O–H groups in total. The molecule has 0 spiro atoms. The van der Waals surface area contributed by atoms with Crippen LogP contribution in [0.5, 0.6) is 0 Å². The lowest BCUT2D eigenvalue weighted by Crippen LogP contribution is -2.22. The molecule has 2 aromatic rings. The van der Waals surface area contributed by atoms with Crippen LogP contribution < -0.4 is 5.32 Å². The largest absolute Gasteiger partial charge is 0.478 e. The number of aromatic nitrogens is 1. The minimum Gasteiger partial charge on any atom is -0.478 e. The van der Waals surface area contributed by atoms with E-state index < -0.39 is 5.97 Å². The number of carboxylic acids is 1. The molecule has 2 heterocycles. The van der Waals surface area contributed by atoms with Crippen LogP contribution in [0.2, 0.25) is 0 Å². The molecule has 104 valence electrons. The molecular weight excluding hydrogens is 280 g/mol. The molecule has 2 aromatic heterocycles. The number of carbonyl (C=O) groups is 2. The standard InChI is InChI=1S/C13H12N2O4S/c1-8-5-14-11(19-8)6-15-13(18)9-4-10(20-7-9)2-3-12(16)17/h2-5,7H,6H2,1H3,(H,15,18)(H,16,17)/b3-2+. The average Bonchev–Trinajstić information content (AvgIpc) is 3.02. The van der Waals surface area contributed by atoms with E-state index in [1.165, 1.54) is 17.4 Å². The van der Waals surface area contributed by atoms with E-state index in [0.717, 1.165) is 6.08 Å². The molecule has 6 nitrogen and oxygen atoms in total. The van der Waals surface area contributed by atoms with E-state index in [4.69, 9.17) is 9.52 Å². The summed E-state index contributed by atoms with van der Waals surface area (Å²) in [6.07, 6.45) is 4.06. The Kier molecular flexibility index (Phi) is 4.31. The maximum absolute atomic E-state index is 11.9. The number of hydrogen-bond donors (Lipinski definition) is 2. The van der Waals surface area contributed by atoms with Crippen LogP contribution in [0.15, 0.2) is 28.1 Å². The van der Waals surface area contributed by atoms with Crippen molar-refractivity contribution in [1.82, 2.24) is 10.3 Å². The summed E-state index contributed by atoms with van der Waals surface area (Å²) in [6, 6.07) is 1.63. The van der Waals surface area contributed by atoms with E-state index in [-0.39, 0.29) is 12.5 Å². The molecular formula is C13H12N2O4S. The zero-order valence-corrected chi connectivity index (χ0v) is 11.4. The molecule has 0 saturated heterocycles. The number of nitrogens with zero attached hydrogens (tertiary/aromatic N) is 1. The summed E-state index contributed by atoms with van der Waals surface area (Å²) in [7, 11) is 0. The molecule has 0 saturated carbocycles. The highest BCUT2D eigenvalue weighted by Crippen LogP contribution is 2.16. The molecule has 0 aliphatic rings. The lowest BCUT2D eigenvalue weighted by atomic mass is 10.3. The molecule has 1 amide bonds. The molecule has 0 radical (unpaired) electrons. The zero-order chi connectivity index (χ0) is 14.5. The second kappa shape index (κ2) is 6.16. The van der Waals surface area contributed by atoms with Crippen LogP contribution >= 0.6 is 11.3 Å². The van der Waals surface area contributed by atoms with Crippen molar-refractivity contribution in [2.45, 2.75) is 13.5 Å². The Morgan fingerprint density at radius 2 is 2.35 bits per heavy atom. The minimum atomic E-state index is -1.02. The van der Waals surface area contributed by atoms with Gasteiger partial charge in [-0.1, -0.05) is 0 Å². The number of rotatable bonds is 5. The molecule has 0 unspecified atom stereocenters. The van der Waals surface area contributed by atoms with Gasteiger partial charge in [-0.15, -0.1) is 11.3 Å². The second-order valence-corrected chi connectivity index (χ2v) is 4.90. The maximum atomic E-state index is 11.9. The summed E-state index contributed by atoms with van der Waals surface area (Å²) in [6.45, 7) is 1.99. The Bertz CT molecular complexity index is 657. The first kappa shape index (κ1) is 14.0. The Morgan fingerprint density at radius 1 is 1.55 bits per heavy atom. The van der Waals surface area contributed by atoms with Crippen molar-refractivity contribution in [3.63, 3.8) is 0 Å². The number of oxazole rings is 1. The van der Waals surface area contributed by atoms with Crippen LogP contribution in [0.1, 0.15) is 26.9 Å². The van der Waals surface area contributed by atoms with Gasteiger partial charge in [0.2, 0.25) is 5.89 Å². The van der Waals surface area contributed by atoms with E-state index in [1.54, 1.807) is 24.6 Å². The Balaban J connectivity index is 1.94. The molecule has 0 fully saturated rings. The molecule has 2 rings (SSSR count). The van der Waals surface area contributed by atoms with Gasteiger partial charge >= 0.3 is 5.97 Å². The quantitative estimate of drug-likeness (QED) is 0.823. The maximum Gasteiger partial charge on any atom is 0.328 e. The summed E-state index contributed by atoms with van der Waals surface area (Å²) < 4.78 is 5.24. The van der Waals surface area contributed by atoms with E-state index in [9.17, 15) is 9.59 Å². The van der Waals surface area contributed by atoms with Crippen molar-refractivity contribution in [3.8, 4) is 0 Å². The van der Waals surface area contributed by atoms with Crippen LogP contribution in [0.3, 0.4) is 0 Å². The first-order chi connectivity index (χ1) is 9.54. The molecule has 0 aliphatic carbocycles. The number of hydrogen-bond acceptors (Lipinski definition) is 5. The van der Waals surface area contributed by atoms with Gasteiger partial charge < -0.3 is 14.8 Å². The molecule has 0 atom stereocenters. The number of thiophene rings is 1. The van der Waals surface area contributed by atoms with E-state index in [2.05, 4.69) is 10.3 Å². The van der Waals surface area contributed by atoms with Gasteiger partial charge in [-0.2, -0.15) is 0 Å². The molecule has 20 heavy (non-hydrogen) atoms. The normalized spacial score (nSPS) is 10.8. The monoisotopic (exact) mass is 292 g/mol. The van der Waals surface area contributed by atoms with Gasteiger partial charge in [-0.3, -0.25) is 4.79 Å². The predicted octanol–water partition coefficient (Wildman–Crippen LogP) is 2.07. The lowest BCUT2D eigenvalue weighted by molar-refractivity contribution is -0.131. The summed E-state index contributed by atoms with van der Waals surface area (Å²) >= 11 is 1.30. The summed E-state index contributed by atoms with van der Waals surface area (Å²) in [5, 5.41) is 12.9. The number of carboxylic acid groups (broad SMARTS) is 1. The van der Waals surface area contributed by atoms with Crippen molar-refractivity contribution >= 4 is 29.3 Å². The van der Waals surface area contributed by atoms with E-state index in [0.29, 0.717) is 22.1 Å². The van der Waals surface area contributed by atoms with Crippen molar-refractivity contribution in [1.29, 1.82) is 0 Å². The third-order valence-electron chi connectivity index (χ3n) is 2.34. The fourth-order valence-electron chi connectivity index (χ4n) is 1.45. The molecule has 0 aliphatic heterocycles. The Labute approximate surface area is 118 Å².